The number of furan rings is 1. The molecule has 0 bridgehead atoms. The number of carboxylic acids is 1. The number of rotatable bonds is 4. The maximum Gasteiger partial charge on any atom is 0.335 e. The van der Waals surface area contributed by atoms with E-state index in [0.29, 0.717) is 28.1 Å². The summed E-state index contributed by atoms with van der Waals surface area (Å²) in [5, 5.41) is 11.8. The summed E-state index contributed by atoms with van der Waals surface area (Å²) in [6, 6.07) is 13.5. The summed E-state index contributed by atoms with van der Waals surface area (Å²) in [6.07, 6.45) is 2.82. The van der Waals surface area contributed by atoms with E-state index in [-0.39, 0.29) is 11.5 Å². The fourth-order valence-corrected chi connectivity index (χ4v) is 2.59. The van der Waals surface area contributed by atoms with Crippen LogP contribution in [0.5, 0.6) is 0 Å². The second kappa shape index (κ2) is 6.21. The van der Waals surface area contributed by atoms with Gasteiger partial charge in [-0.2, -0.15) is 0 Å². The van der Waals surface area contributed by atoms with Gasteiger partial charge in [-0.15, -0.1) is 0 Å². The molecule has 0 aliphatic carbocycles. The van der Waals surface area contributed by atoms with Crippen molar-refractivity contribution in [1.29, 1.82) is 0 Å². The van der Waals surface area contributed by atoms with E-state index < -0.39 is 5.97 Å². The first-order valence-electron chi connectivity index (χ1n) is 7.77. The first kappa shape index (κ1) is 15.6. The minimum atomic E-state index is -0.985. The molecule has 0 aliphatic rings. The Bertz CT molecular complexity index is 1100. The van der Waals surface area contributed by atoms with Crippen molar-refractivity contribution in [2.24, 2.45) is 0 Å². The molecule has 0 atom stereocenters. The molecule has 0 saturated carbocycles. The van der Waals surface area contributed by atoms with Crippen molar-refractivity contribution in [3.8, 4) is 11.4 Å². The lowest BCUT2D eigenvalue weighted by Gasteiger charge is -2.04. The van der Waals surface area contributed by atoms with E-state index in [0.717, 1.165) is 5.56 Å². The number of nitrogens with one attached hydrogen (secondary N) is 2. The van der Waals surface area contributed by atoms with Crippen LogP contribution in [0.3, 0.4) is 0 Å². The van der Waals surface area contributed by atoms with Gasteiger partial charge in [-0.25, -0.2) is 9.78 Å². The molecule has 0 aliphatic heterocycles. The Labute approximate surface area is 147 Å². The maximum atomic E-state index is 12.0. The van der Waals surface area contributed by atoms with Crippen LogP contribution >= 0.6 is 0 Å². The Morgan fingerprint density at radius 2 is 1.85 bits per heavy atom. The zero-order chi connectivity index (χ0) is 18.1. The van der Waals surface area contributed by atoms with Crippen LogP contribution in [0.2, 0.25) is 0 Å². The number of carbonyl (C=O) groups is 2. The molecule has 2 aromatic carbocycles. The average Bonchev–Trinajstić information content (AvgIpc) is 3.31. The molecule has 1 amide bonds. The van der Waals surface area contributed by atoms with Crippen LogP contribution in [0.15, 0.2) is 65.5 Å². The minimum Gasteiger partial charge on any atom is -0.478 e. The first-order chi connectivity index (χ1) is 12.6. The summed E-state index contributed by atoms with van der Waals surface area (Å²) in [5.74, 6) is -0.618. The largest absolute Gasteiger partial charge is 0.478 e. The number of H-pyrrole nitrogens is 1. The van der Waals surface area contributed by atoms with Crippen molar-refractivity contribution in [2.45, 2.75) is 0 Å². The summed E-state index contributed by atoms with van der Waals surface area (Å²) >= 11 is 0. The number of aromatic nitrogens is 2. The summed E-state index contributed by atoms with van der Waals surface area (Å²) in [6.45, 7) is 0. The first-order valence-corrected chi connectivity index (χ1v) is 7.77. The molecule has 0 radical (unpaired) electrons. The van der Waals surface area contributed by atoms with Crippen molar-refractivity contribution in [2.75, 3.05) is 5.32 Å². The highest BCUT2D eigenvalue weighted by atomic mass is 16.4. The van der Waals surface area contributed by atoms with Crippen LogP contribution in [0.4, 0.5) is 5.69 Å². The molecule has 26 heavy (non-hydrogen) atoms. The van der Waals surface area contributed by atoms with Gasteiger partial charge in [0, 0.05) is 11.3 Å². The summed E-state index contributed by atoms with van der Waals surface area (Å²) < 4.78 is 4.89. The molecular weight excluding hydrogens is 334 g/mol. The summed E-state index contributed by atoms with van der Waals surface area (Å²) in [5.41, 5.74) is 3.44. The lowest BCUT2D eigenvalue weighted by Crippen LogP contribution is -2.10. The number of imidazole rings is 1. The van der Waals surface area contributed by atoms with Crippen molar-refractivity contribution < 1.29 is 19.1 Å². The molecule has 0 saturated heterocycles. The number of amides is 1. The molecule has 7 heteroatoms. The van der Waals surface area contributed by atoms with Gasteiger partial charge < -0.3 is 19.8 Å². The third-order valence-electron chi connectivity index (χ3n) is 3.93. The van der Waals surface area contributed by atoms with Gasteiger partial charge in [0.05, 0.1) is 28.4 Å². The quantitative estimate of drug-likeness (QED) is 0.521. The van der Waals surface area contributed by atoms with Crippen molar-refractivity contribution in [3.63, 3.8) is 0 Å². The molecular formula is C19H13N3O4. The van der Waals surface area contributed by atoms with E-state index in [2.05, 4.69) is 15.3 Å². The van der Waals surface area contributed by atoms with Crippen molar-refractivity contribution in [1.82, 2.24) is 9.97 Å². The molecule has 0 spiro atoms. The summed E-state index contributed by atoms with van der Waals surface area (Å²) in [7, 11) is 0. The molecule has 7 nitrogen and oxygen atoms in total. The lowest BCUT2D eigenvalue weighted by molar-refractivity contribution is 0.0697. The molecule has 0 fully saturated rings. The van der Waals surface area contributed by atoms with Gasteiger partial charge in [-0.05, 0) is 48.5 Å². The Morgan fingerprint density at radius 1 is 1.04 bits per heavy atom. The number of benzene rings is 2. The highest BCUT2D eigenvalue weighted by molar-refractivity contribution is 6.04. The highest BCUT2D eigenvalue weighted by Crippen LogP contribution is 2.23. The van der Waals surface area contributed by atoms with Crippen LogP contribution in [-0.4, -0.2) is 27.0 Å². The van der Waals surface area contributed by atoms with Gasteiger partial charge in [0.2, 0.25) is 0 Å². The third kappa shape index (κ3) is 2.93. The van der Waals surface area contributed by atoms with Gasteiger partial charge in [-0.1, -0.05) is 0 Å². The monoisotopic (exact) mass is 347 g/mol. The Morgan fingerprint density at radius 3 is 2.54 bits per heavy atom. The van der Waals surface area contributed by atoms with Crippen molar-refractivity contribution in [3.05, 3.63) is 72.2 Å². The van der Waals surface area contributed by atoms with E-state index in [4.69, 9.17) is 9.52 Å². The van der Waals surface area contributed by atoms with Gasteiger partial charge in [0.15, 0.2) is 0 Å². The molecule has 128 valence electrons. The second-order valence-electron chi connectivity index (χ2n) is 5.67. The van der Waals surface area contributed by atoms with Crippen LogP contribution < -0.4 is 5.32 Å². The van der Waals surface area contributed by atoms with Crippen LogP contribution in [-0.2, 0) is 0 Å². The SMILES string of the molecule is O=C(O)c1ccc2nc(-c3ccc(NC(=O)c4ccoc4)cc3)[nH]c2c1. The Hall–Kier alpha value is -3.87. The van der Waals surface area contributed by atoms with Crippen LogP contribution in [0.25, 0.3) is 22.4 Å². The van der Waals surface area contributed by atoms with Crippen LogP contribution in [0, 0.1) is 0 Å². The van der Waals surface area contributed by atoms with E-state index >= 15 is 0 Å². The topological polar surface area (TPSA) is 108 Å². The smallest absolute Gasteiger partial charge is 0.335 e. The molecule has 3 N–H and O–H groups in total. The fourth-order valence-electron chi connectivity index (χ4n) is 2.59. The third-order valence-corrected chi connectivity index (χ3v) is 3.93. The van der Waals surface area contributed by atoms with Crippen LogP contribution in [0.1, 0.15) is 20.7 Å². The number of carboxylic acid groups (broad SMARTS) is 1. The second-order valence-corrected chi connectivity index (χ2v) is 5.67. The lowest BCUT2D eigenvalue weighted by atomic mass is 10.2. The van der Waals surface area contributed by atoms with Crippen molar-refractivity contribution >= 4 is 28.6 Å². The number of anilines is 1. The van der Waals surface area contributed by atoms with E-state index in [1.807, 2.05) is 12.1 Å². The summed E-state index contributed by atoms with van der Waals surface area (Å²) in [4.78, 5) is 30.6. The standard InChI is InChI=1S/C19H13N3O4/c23-18(13-7-8-26-10-13)20-14-4-1-11(2-5-14)17-21-15-6-3-12(19(24)25)9-16(15)22-17/h1-10H,(H,20,23)(H,21,22)(H,24,25). The Kier molecular flexibility index (Phi) is 3.74. The average molecular weight is 347 g/mol. The normalized spacial score (nSPS) is 10.8. The predicted molar refractivity (Wildman–Crippen MR) is 95.2 cm³/mol. The van der Waals surface area contributed by atoms with E-state index in [1.54, 1.807) is 30.3 Å². The number of fused-ring (bicyclic) bond motifs is 1. The molecule has 2 aromatic heterocycles. The molecule has 2 heterocycles. The Balaban J connectivity index is 1.57. The zero-order valence-corrected chi connectivity index (χ0v) is 13.4. The maximum absolute atomic E-state index is 12.0. The molecule has 0 unspecified atom stereocenters. The zero-order valence-electron chi connectivity index (χ0n) is 13.4. The number of carbonyl (C=O) groups excluding carboxylic acids is 1. The van der Waals surface area contributed by atoms with Gasteiger partial charge in [0.25, 0.3) is 5.91 Å². The number of aromatic amines is 1. The number of hydrogen-bond acceptors (Lipinski definition) is 4. The number of hydrogen-bond donors (Lipinski definition) is 3. The minimum absolute atomic E-state index is 0.199. The van der Waals surface area contributed by atoms with Gasteiger partial charge in [-0.3, -0.25) is 4.79 Å². The molecule has 4 aromatic rings. The predicted octanol–water partition coefficient (Wildman–Crippen LogP) is 3.77. The van der Waals surface area contributed by atoms with Gasteiger partial charge in [0.1, 0.15) is 12.1 Å². The number of nitrogens with zero attached hydrogens (tertiary/aromatic N) is 1. The fraction of sp³-hybridized carbons (Fsp3) is 0. The van der Waals surface area contributed by atoms with E-state index in [9.17, 15) is 9.59 Å². The molecule has 4 rings (SSSR count). The highest BCUT2D eigenvalue weighted by Gasteiger charge is 2.10. The van der Waals surface area contributed by atoms with Gasteiger partial charge >= 0.3 is 5.97 Å². The van der Waals surface area contributed by atoms with E-state index in [1.165, 1.54) is 18.6 Å². The number of aromatic carboxylic acids is 1.